The molecule has 15 heavy (non-hydrogen) atoms. The number of rotatable bonds is 7. The summed E-state index contributed by atoms with van der Waals surface area (Å²) in [6.07, 6.45) is 0.928. The highest BCUT2D eigenvalue weighted by molar-refractivity contribution is 7.15. The minimum atomic E-state index is 0.0955. The van der Waals surface area contributed by atoms with Gasteiger partial charge in [0.05, 0.1) is 18.9 Å². The molecule has 1 rings (SSSR count). The number of aromatic nitrogens is 1. The number of aliphatic hydroxyl groups excluding tert-OH is 1. The molecule has 0 bridgehead atoms. The van der Waals surface area contributed by atoms with Crippen LogP contribution in [0, 0.1) is 13.8 Å². The van der Waals surface area contributed by atoms with Crippen LogP contribution in [0.2, 0.25) is 0 Å². The van der Waals surface area contributed by atoms with E-state index in [4.69, 9.17) is 9.84 Å². The number of ether oxygens (including phenoxy) is 1. The van der Waals surface area contributed by atoms with Crippen LogP contribution in [0.1, 0.15) is 17.0 Å². The monoisotopic (exact) mass is 230 g/mol. The Hall–Kier alpha value is -0.650. The summed E-state index contributed by atoms with van der Waals surface area (Å²) in [5.74, 6) is 0. The van der Waals surface area contributed by atoms with Crippen molar-refractivity contribution in [3.05, 3.63) is 10.6 Å². The summed E-state index contributed by atoms with van der Waals surface area (Å²) in [4.78, 5) is 5.63. The van der Waals surface area contributed by atoms with Crippen LogP contribution in [0.15, 0.2) is 0 Å². The molecule has 0 atom stereocenters. The fourth-order valence-electron chi connectivity index (χ4n) is 1.08. The molecule has 0 unspecified atom stereocenters. The molecule has 0 saturated heterocycles. The molecule has 0 saturated carbocycles. The number of anilines is 1. The smallest absolute Gasteiger partial charge is 0.183 e. The molecule has 0 spiro atoms. The second kappa shape index (κ2) is 6.76. The average Bonchev–Trinajstić information content (AvgIpc) is 2.52. The average molecular weight is 230 g/mol. The molecule has 0 aliphatic carbocycles. The summed E-state index contributed by atoms with van der Waals surface area (Å²) >= 11 is 1.68. The predicted molar refractivity (Wildman–Crippen MR) is 62.6 cm³/mol. The summed E-state index contributed by atoms with van der Waals surface area (Å²) < 4.78 is 5.14. The fourth-order valence-corrected chi connectivity index (χ4v) is 1.92. The standard InChI is InChI=1S/C10H18N2O2S/c1-8-9(2)15-10(12-8)11-4-3-6-14-7-5-13/h13H,3-7H2,1-2H3,(H,11,12). The maximum absolute atomic E-state index is 8.49. The number of thiazole rings is 1. The van der Waals surface area contributed by atoms with Crippen molar-refractivity contribution in [2.45, 2.75) is 20.3 Å². The van der Waals surface area contributed by atoms with E-state index in [0.29, 0.717) is 13.2 Å². The third kappa shape index (κ3) is 4.59. The second-order valence-corrected chi connectivity index (χ2v) is 4.48. The number of aliphatic hydroxyl groups is 1. The molecule has 0 radical (unpaired) electrons. The second-order valence-electron chi connectivity index (χ2n) is 3.28. The van der Waals surface area contributed by atoms with Gasteiger partial charge in [-0.15, -0.1) is 11.3 Å². The van der Waals surface area contributed by atoms with Crippen LogP contribution in [-0.4, -0.2) is 36.5 Å². The van der Waals surface area contributed by atoms with E-state index in [1.165, 1.54) is 4.88 Å². The molecule has 4 nitrogen and oxygen atoms in total. The summed E-state index contributed by atoms with van der Waals surface area (Å²) in [7, 11) is 0. The van der Waals surface area contributed by atoms with Crippen molar-refractivity contribution in [2.24, 2.45) is 0 Å². The van der Waals surface area contributed by atoms with Gasteiger partial charge in [0.15, 0.2) is 5.13 Å². The first-order valence-electron chi connectivity index (χ1n) is 5.10. The van der Waals surface area contributed by atoms with Crippen LogP contribution in [0.4, 0.5) is 5.13 Å². The van der Waals surface area contributed by atoms with Crippen LogP contribution < -0.4 is 5.32 Å². The van der Waals surface area contributed by atoms with Gasteiger partial charge in [-0.1, -0.05) is 0 Å². The first kappa shape index (κ1) is 12.4. The summed E-state index contributed by atoms with van der Waals surface area (Å²) in [6.45, 7) is 6.15. The van der Waals surface area contributed by atoms with Crippen molar-refractivity contribution in [1.82, 2.24) is 4.98 Å². The van der Waals surface area contributed by atoms with Crippen molar-refractivity contribution < 1.29 is 9.84 Å². The predicted octanol–water partition coefficient (Wildman–Crippen LogP) is 1.57. The van der Waals surface area contributed by atoms with Crippen LogP contribution in [0.25, 0.3) is 0 Å². The molecule has 5 heteroatoms. The molecule has 0 aliphatic heterocycles. The number of hydrogen-bond acceptors (Lipinski definition) is 5. The summed E-state index contributed by atoms with van der Waals surface area (Å²) in [6, 6.07) is 0. The highest BCUT2D eigenvalue weighted by Gasteiger charge is 2.01. The lowest BCUT2D eigenvalue weighted by atomic mass is 10.4. The van der Waals surface area contributed by atoms with Crippen molar-refractivity contribution in [3.63, 3.8) is 0 Å². The van der Waals surface area contributed by atoms with E-state index in [1.54, 1.807) is 11.3 Å². The first-order chi connectivity index (χ1) is 7.24. The molecular formula is C10H18N2O2S. The molecular weight excluding hydrogens is 212 g/mol. The number of hydrogen-bond donors (Lipinski definition) is 2. The molecule has 86 valence electrons. The van der Waals surface area contributed by atoms with Crippen molar-refractivity contribution >= 4 is 16.5 Å². The third-order valence-electron chi connectivity index (χ3n) is 2.01. The highest BCUT2D eigenvalue weighted by atomic mass is 32.1. The zero-order chi connectivity index (χ0) is 11.1. The van der Waals surface area contributed by atoms with Gasteiger partial charge in [0.2, 0.25) is 0 Å². The Morgan fingerprint density at radius 1 is 1.40 bits per heavy atom. The van der Waals surface area contributed by atoms with Gasteiger partial charge in [-0.2, -0.15) is 0 Å². The Morgan fingerprint density at radius 3 is 2.80 bits per heavy atom. The van der Waals surface area contributed by atoms with E-state index in [1.807, 2.05) is 6.92 Å². The molecule has 1 aromatic rings. The van der Waals surface area contributed by atoms with Crippen LogP contribution in [0.3, 0.4) is 0 Å². The Morgan fingerprint density at radius 2 is 2.20 bits per heavy atom. The van der Waals surface area contributed by atoms with Crippen molar-refractivity contribution in [1.29, 1.82) is 0 Å². The fraction of sp³-hybridized carbons (Fsp3) is 0.700. The molecule has 0 aromatic carbocycles. The maximum atomic E-state index is 8.49. The van der Waals surface area contributed by atoms with E-state index in [-0.39, 0.29) is 6.61 Å². The normalized spacial score (nSPS) is 10.6. The zero-order valence-electron chi connectivity index (χ0n) is 9.25. The highest BCUT2D eigenvalue weighted by Crippen LogP contribution is 2.20. The molecule has 0 fully saturated rings. The minimum absolute atomic E-state index is 0.0955. The van der Waals surface area contributed by atoms with E-state index in [9.17, 15) is 0 Å². The van der Waals surface area contributed by atoms with Gasteiger partial charge in [0, 0.05) is 18.0 Å². The van der Waals surface area contributed by atoms with E-state index < -0.39 is 0 Å². The van der Waals surface area contributed by atoms with Crippen molar-refractivity contribution in [2.75, 3.05) is 31.7 Å². The lowest BCUT2D eigenvalue weighted by Crippen LogP contribution is -2.07. The largest absolute Gasteiger partial charge is 0.394 e. The van der Waals surface area contributed by atoms with E-state index in [2.05, 4.69) is 17.2 Å². The molecule has 0 aliphatic rings. The molecule has 0 amide bonds. The molecule has 1 aromatic heterocycles. The van der Waals surface area contributed by atoms with Gasteiger partial charge >= 0.3 is 0 Å². The topological polar surface area (TPSA) is 54.4 Å². The number of nitrogens with one attached hydrogen (secondary N) is 1. The quantitative estimate of drug-likeness (QED) is 0.698. The number of aryl methyl sites for hydroxylation is 2. The van der Waals surface area contributed by atoms with Gasteiger partial charge in [-0.3, -0.25) is 0 Å². The van der Waals surface area contributed by atoms with Crippen LogP contribution >= 0.6 is 11.3 Å². The van der Waals surface area contributed by atoms with Crippen LogP contribution in [-0.2, 0) is 4.74 Å². The Bertz CT molecular complexity index is 269. The minimum Gasteiger partial charge on any atom is -0.394 e. The lowest BCUT2D eigenvalue weighted by molar-refractivity contribution is 0.0922. The van der Waals surface area contributed by atoms with Gasteiger partial charge in [-0.05, 0) is 20.3 Å². The van der Waals surface area contributed by atoms with Gasteiger partial charge < -0.3 is 15.2 Å². The van der Waals surface area contributed by atoms with Gasteiger partial charge in [-0.25, -0.2) is 4.98 Å². The van der Waals surface area contributed by atoms with Gasteiger partial charge in [0.1, 0.15) is 0 Å². The van der Waals surface area contributed by atoms with E-state index >= 15 is 0 Å². The van der Waals surface area contributed by atoms with E-state index in [0.717, 1.165) is 23.8 Å². The van der Waals surface area contributed by atoms with Gasteiger partial charge in [0.25, 0.3) is 0 Å². The van der Waals surface area contributed by atoms with Crippen LogP contribution in [0.5, 0.6) is 0 Å². The zero-order valence-corrected chi connectivity index (χ0v) is 10.1. The summed E-state index contributed by atoms with van der Waals surface area (Å²) in [5, 5.41) is 12.7. The maximum Gasteiger partial charge on any atom is 0.183 e. The number of nitrogens with zero attached hydrogens (tertiary/aromatic N) is 1. The first-order valence-corrected chi connectivity index (χ1v) is 5.92. The van der Waals surface area contributed by atoms with Crippen molar-refractivity contribution in [3.8, 4) is 0 Å². The SMILES string of the molecule is Cc1nc(NCCCOCCO)sc1C. The summed E-state index contributed by atoms with van der Waals surface area (Å²) in [5.41, 5.74) is 1.10. The molecule has 2 N–H and O–H groups in total. The Balaban J connectivity index is 2.10. The Kier molecular flexibility index (Phi) is 5.60. The molecule has 1 heterocycles. The third-order valence-corrected chi connectivity index (χ3v) is 3.04. The Labute approximate surface area is 94.3 Å². The lowest BCUT2D eigenvalue weighted by Gasteiger charge is -2.03.